The van der Waals surface area contributed by atoms with Crippen LogP contribution in [0.1, 0.15) is 22.3 Å². The normalized spacial score (nSPS) is 10.5. The third-order valence-electron chi connectivity index (χ3n) is 3.10. The molecule has 94 valence electrons. The van der Waals surface area contributed by atoms with Crippen LogP contribution in [0.2, 0.25) is 5.15 Å². The lowest BCUT2D eigenvalue weighted by molar-refractivity contribution is 1.00. The summed E-state index contributed by atoms with van der Waals surface area (Å²) in [5, 5.41) is 11.8. The molecule has 0 unspecified atom stereocenters. The van der Waals surface area contributed by atoms with Gasteiger partial charge in [0.25, 0.3) is 0 Å². The van der Waals surface area contributed by atoms with Gasteiger partial charge in [-0.1, -0.05) is 29.3 Å². The molecule has 1 aromatic heterocycles. The van der Waals surface area contributed by atoms with E-state index in [4.69, 9.17) is 11.6 Å². The molecule has 4 heteroatoms. The monoisotopic (exact) mass is 261 g/mol. The van der Waals surface area contributed by atoms with Crippen molar-refractivity contribution in [2.75, 3.05) is 5.32 Å². The fraction of sp³-hybridized carbons (Fsp3) is 0.286. The fourth-order valence-electron chi connectivity index (χ4n) is 1.78. The second-order valence-electron chi connectivity index (χ2n) is 4.53. The van der Waals surface area contributed by atoms with Gasteiger partial charge < -0.3 is 5.32 Å². The first-order valence-corrected chi connectivity index (χ1v) is 6.20. The molecule has 0 radical (unpaired) electrons. The van der Waals surface area contributed by atoms with Gasteiger partial charge >= 0.3 is 0 Å². The number of benzene rings is 1. The number of hydrogen-bond acceptors (Lipinski definition) is 3. The molecule has 2 rings (SSSR count). The van der Waals surface area contributed by atoms with Crippen LogP contribution in [0.5, 0.6) is 0 Å². The Hall–Kier alpha value is -1.61. The number of aromatic nitrogens is 2. The Morgan fingerprint density at radius 3 is 2.39 bits per heavy atom. The molecule has 0 aliphatic rings. The zero-order valence-corrected chi connectivity index (χ0v) is 11.8. The zero-order chi connectivity index (χ0) is 13.3. The first kappa shape index (κ1) is 12.8. The molecule has 3 nitrogen and oxygen atoms in total. The third-order valence-corrected chi connectivity index (χ3v) is 3.46. The van der Waals surface area contributed by atoms with Gasteiger partial charge in [0.05, 0.1) is 0 Å². The number of anilines is 2. The molecule has 2 aromatic rings. The van der Waals surface area contributed by atoms with Crippen LogP contribution >= 0.6 is 11.6 Å². The highest BCUT2D eigenvalue weighted by Gasteiger charge is 2.09. The Kier molecular flexibility index (Phi) is 3.53. The maximum absolute atomic E-state index is 5.94. The second kappa shape index (κ2) is 4.94. The van der Waals surface area contributed by atoms with Crippen molar-refractivity contribution < 1.29 is 0 Å². The average Bonchev–Trinajstić information content (AvgIpc) is 2.33. The van der Waals surface area contributed by atoms with Crippen molar-refractivity contribution in [3.63, 3.8) is 0 Å². The topological polar surface area (TPSA) is 37.8 Å². The Labute approximate surface area is 112 Å². The number of halogens is 1. The molecular formula is C14H16ClN3. The van der Waals surface area contributed by atoms with Crippen molar-refractivity contribution in [2.24, 2.45) is 0 Å². The maximum Gasteiger partial charge on any atom is 0.156 e. The van der Waals surface area contributed by atoms with Crippen LogP contribution in [0.4, 0.5) is 11.5 Å². The van der Waals surface area contributed by atoms with Crippen molar-refractivity contribution in [2.45, 2.75) is 27.7 Å². The average molecular weight is 262 g/mol. The van der Waals surface area contributed by atoms with E-state index in [1.54, 1.807) is 0 Å². The highest BCUT2D eigenvalue weighted by molar-refractivity contribution is 6.30. The van der Waals surface area contributed by atoms with Gasteiger partial charge in [0.15, 0.2) is 11.0 Å². The van der Waals surface area contributed by atoms with Crippen LogP contribution in [0.3, 0.4) is 0 Å². The van der Waals surface area contributed by atoms with E-state index in [0.717, 1.165) is 22.6 Å². The Bertz CT molecular complexity index is 594. The van der Waals surface area contributed by atoms with Crippen LogP contribution in [0.15, 0.2) is 18.2 Å². The number of nitrogens with one attached hydrogen (secondary N) is 1. The minimum Gasteiger partial charge on any atom is -0.338 e. The maximum atomic E-state index is 5.94. The molecule has 1 N–H and O–H groups in total. The Morgan fingerprint density at radius 1 is 1.00 bits per heavy atom. The summed E-state index contributed by atoms with van der Waals surface area (Å²) in [5.41, 5.74) is 5.45. The summed E-state index contributed by atoms with van der Waals surface area (Å²) >= 11 is 5.94. The Balaban J connectivity index is 2.37. The van der Waals surface area contributed by atoms with Crippen LogP contribution in [-0.4, -0.2) is 10.2 Å². The summed E-state index contributed by atoms with van der Waals surface area (Å²) in [7, 11) is 0. The van der Waals surface area contributed by atoms with E-state index in [2.05, 4.69) is 47.6 Å². The van der Waals surface area contributed by atoms with E-state index in [9.17, 15) is 0 Å². The molecule has 1 aromatic carbocycles. The minimum absolute atomic E-state index is 0.457. The minimum atomic E-state index is 0.457. The van der Waals surface area contributed by atoms with E-state index < -0.39 is 0 Å². The third kappa shape index (κ3) is 2.46. The lowest BCUT2D eigenvalue weighted by atomic mass is 10.1. The summed E-state index contributed by atoms with van der Waals surface area (Å²) in [5.74, 6) is 0.754. The summed E-state index contributed by atoms with van der Waals surface area (Å²) < 4.78 is 0. The number of hydrogen-bond donors (Lipinski definition) is 1. The molecule has 0 aliphatic heterocycles. The van der Waals surface area contributed by atoms with Gasteiger partial charge in [0.1, 0.15) is 0 Å². The fourth-order valence-corrected chi connectivity index (χ4v) is 1.96. The first-order chi connectivity index (χ1) is 8.49. The molecule has 0 atom stereocenters. The molecule has 0 spiro atoms. The SMILES string of the molecule is Cc1ccc(Nc2nnc(Cl)c(C)c2C)c(C)c1. The van der Waals surface area contributed by atoms with Crippen molar-refractivity contribution in [1.29, 1.82) is 0 Å². The van der Waals surface area contributed by atoms with Gasteiger partial charge in [-0.25, -0.2) is 0 Å². The zero-order valence-electron chi connectivity index (χ0n) is 11.0. The lowest BCUT2D eigenvalue weighted by Crippen LogP contribution is -2.02. The van der Waals surface area contributed by atoms with Crippen molar-refractivity contribution in [3.8, 4) is 0 Å². The highest BCUT2D eigenvalue weighted by atomic mass is 35.5. The summed E-state index contributed by atoms with van der Waals surface area (Å²) in [6.07, 6.45) is 0. The summed E-state index contributed by atoms with van der Waals surface area (Å²) in [6.45, 7) is 8.08. The number of aryl methyl sites for hydroxylation is 2. The lowest BCUT2D eigenvalue weighted by Gasteiger charge is -2.12. The van der Waals surface area contributed by atoms with E-state index in [1.807, 2.05) is 13.8 Å². The van der Waals surface area contributed by atoms with Gasteiger partial charge in [-0.15, -0.1) is 10.2 Å². The van der Waals surface area contributed by atoms with Crippen molar-refractivity contribution in [1.82, 2.24) is 10.2 Å². The van der Waals surface area contributed by atoms with Crippen LogP contribution in [0.25, 0.3) is 0 Å². The summed E-state index contributed by atoms with van der Waals surface area (Å²) in [4.78, 5) is 0. The van der Waals surface area contributed by atoms with Crippen molar-refractivity contribution in [3.05, 3.63) is 45.6 Å². The molecule has 0 saturated heterocycles. The summed E-state index contributed by atoms with van der Waals surface area (Å²) in [6, 6.07) is 6.25. The smallest absolute Gasteiger partial charge is 0.156 e. The van der Waals surface area contributed by atoms with E-state index in [-0.39, 0.29) is 0 Å². The van der Waals surface area contributed by atoms with Crippen LogP contribution in [-0.2, 0) is 0 Å². The second-order valence-corrected chi connectivity index (χ2v) is 4.89. The molecule has 0 fully saturated rings. The quantitative estimate of drug-likeness (QED) is 0.884. The van der Waals surface area contributed by atoms with Crippen LogP contribution < -0.4 is 5.32 Å². The van der Waals surface area contributed by atoms with Gasteiger partial charge in [0, 0.05) is 5.69 Å². The van der Waals surface area contributed by atoms with Crippen molar-refractivity contribution >= 4 is 23.1 Å². The van der Waals surface area contributed by atoms with Gasteiger partial charge in [-0.3, -0.25) is 0 Å². The molecule has 1 heterocycles. The number of nitrogens with zero attached hydrogens (tertiary/aromatic N) is 2. The number of rotatable bonds is 2. The van der Waals surface area contributed by atoms with E-state index in [1.165, 1.54) is 11.1 Å². The molecule has 0 bridgehead atoms. The van der Waals surface area contributed by atoms with E-state index in [0.29, 0.717) is 5.15 Å². The highest BCUT2D eigenvalue weighted by Crippen LogP contribution is 2.25. The van der Waals surface area contributed by atoms with Gasteiger partial charge in [0.2, 0.25) is 0 Å². The predicted molar refractivity (Wildman–Crippen MR) is 75.7 cm³/mol. The molecule has 18 heavy (non-hydrogen) atoms. The molecule has 0 saturated carbocycles. The largest absolute Gasteiger partial charge is 0.338 e. The molecule has 0 aliphatic carbocycles. The van der Waals surface area contributed by atoms with Gasteiger partial charge in [-0.2, -0.15) is 0 Å². The molecule has 0 amide bonds. The Morgan fingerprint density at radius 2 is 1.72 bits per heavy atom. The van der Waals surface area contributed by atoms with Crippen LogP contribution in [0, 0.1) is 27.7 Å². The first-order valence-electron chi connectivity index (χ1n) is 5.82. The predicted octanol–water partition coefficient (Wildman–Crippen LogP) is 4.11. The van der Waals surface area contributed by atoms with Gasteiger partial charge in [-0.05, 0) is 50.5 Å². The standard InChI is InChI=1S/C14H16ClN3/c1-8-5-6-12(9(2)7-8)16-14-11(4)10(3)13(15)17-18-14/h5-7H,1-4H3,(H,16,18). The van der Waals surface area contributed by atoms with E-state index >= 15 is 0 Å². The molecular weight excluding hydrogens is 246 g/mol.